The predicted molar refractivity (Wildman–Crippen MR) is 54.9 cm³/mol. The number of thioether (sulfide) groups is 1. The largest absolute Gasteiger partial charge is 0.354 e. The molecule has 0 spiro atoms. The summed E-state index contributed by atoms with van der Waals surface area (Å²) in [6.07, 6.45) is 4.18. The lowest BCUT2D eigenvalue weighted by Crippen LogP contribution is -2.19. The summed E-state index contributed by atoms with van der Waals surface area (Å²) >= 11 is 2.06. The molecule has 5 heteroatoms. The SMILES string of the molecule is c1n[nH]c(NCC2CCSCC2)n1. The molecule has 1 fully saturated rings. The Balaban J connectivity index is 1.72. The molecule has 1 aromatic rings. The zero-order valence-corrected chi connectivity index (χ0v) is 8.31. The first-order valence-electron chi connectivity index (χ1n) is 4.62. The van der Waals surface area contributed by atoms with E-state index in [4.69, 9.17) is 0 Å². The van der Waals surface area contributed by atoms with Crippen LogP contribution in [0.2, 0.25) is 0 Å². The van der Waals surface area contributed by atoms with Crippen molar-refractivity contribution in [3.05, 3.63) is 6.33 Å². The lowest BCUT2D eigenvalue weighted by molar-refractivity contribution is 0.515. The molecule has 0 bridgehead atoms. The van der Waals surface area contributed by atoms with Gasteiger partial charge in [0.25, 0.3) is 0 Å². The van der Waals surface area contributed by atoms with Crippen LogP contribution < -0.4 is 5.32 Å². The van der Waals surface area contributed by atoms with Gasteiger partial charge in [0.15, 0.2) is 0 Å². The zero-order valence-electron chi connectivity index (χ0n) is 7.49. The van der Waals surface area contributed by atoms with Gasteiger partial charge in [-0.05, 0) is 30.3 Å². The van der Waals surface area contributed by atoms with Crippen molar-refractivity contribution in [2.24, 2.45) is 5.92 Å². The van der Waals surface area contributed by atoms with Crippen molar-refractivity contribution in [3.8, 4) is 0 Å². The summed E-state index contributed by atoms with van der Waals surface area (Å²) in [7, 11) is 0. The minimum Gasteiger partial charge on any atom is -0.354 e. The third-order valence-corrected chi connectivity index (χ3v) is 3.36. The molecule has 0 radical (unpaired) electrons. The van der Waals surface area contributed by atoms with E-state index in [1.165, 1.54) is 30.7 Å². The number of nitrogens with zero attached hydrogens (tertiary/aromatic N) is 2. The second kappa shape index (κ2) is 4.50. The monoisotopic (exact) mass is 198 g/mol. The Kier molecular flexibility index (Phi) is 3.07. The summed E-state index contributed by atoms with van der Waals surface area (Å²) in [4.78, 5) is 4.02. The highest BCUT2D eigenvalue weighted by atomic mass is 32.2. The Labute approximate surface area is 81.9 Å². The van der Waals surface area contributed by atoms with Gasteiger partial charge in [0, 0.05) is 6.54 Å². The Morgan fingerprint density at radius 1 is 1.54 bits per heavy atom. The van der Waals surface area contributed by atoms with Crippen LogP contribution in [0.3, 0.4) is 0 Å². The standard InChI is InChI=1S/C8H14N4S/c1-3-13-4-2-7(1)5-9-8-10-6-11-12-8/h6-7H,1-5H2,(H2,9,10,11,12). The lowest BCUT2D eigenvalue weighted by Gasteiger charge is -2.21. The van der Waals surface area contributed by atoms with E-state index < -0.39 is 0 Å². The van der Waals surface area contributed by atoms with Gasteiger partial charge >= 0.3 is 0 Å². The van der Waals surface area contributed by atoms with Crippen molar-refractivity contribution in [1.82, 2.24) is 15.2 Å². The highest BCUT2D eigenvalue weighted by Gasteiger charge is 2.13. The summed E-state index contributed by atoms with van der Waals surface area (Å²) in [5.74, 6) is 4.22. The van der Waals surface area contributed by atoms with Gasteiger partial charge in [-0.2, -0.15) is 16.9 Å². The number of hydrogen-bond donors (Lipinski definition) is 2. The van der Waals surface area contributed by atoms with Gasteiger partial charge in [-0.1, -0.05) is 0 Å². The van der Waals surface area contributed by atoms with Crippen molar-refractivity contribution < 1.29 is 0 Å². The van der Waals surface area contributed by atoms with Crippen LogP contribution in [0, 0.1) is 5.92 Å². The van der Waals surface area contributed by atoms with Crippen molar-refractivity contribution >= 4 is 17.7 Å². The van der Waals surface area contributed by atoms with Crippen LogP contribution in [0.15, 0.2) is 6.33 Å². The van der Waals surface area contributed by atoms with Crippen molar-refractivity contribution in [2.45, 2.75) is 12.8 Å². The van der Waals surface area contributed by atoms with Gasteiger partial charge in [-0.3, -0.25) is 0 Å². The summed E-state index contributed by atoms with van der Waals surface area (Å²) in [5, 5.41) is 9.84. The van der Waals surface area contributed by atoms with Gasteiger partial charge in [-0.25, -0.2) is 10.1 Å². The van der Waals surface area contributed by atoms with E-state index in [9.17, 15) is 0 Å². The number of anilines is 1. The maximum atomic E-state index is 4.02. The Bertz CT molecular complexity index is 230. The molecule has 1 aromatic heterocycles. The number of nitrogens with one attached hydrogen (secondary N) is 2. The molecule has 0 aromatic carbocycles. The first-order chi connectivity index (χ1) is 6.45. The molecule has 1 aliphatic heterocycles. The number of rotatable bonds is 3. The van der Waals surface area contributed by atoms with E-state index in [1.807, 2.05) is 0 Å². The second-order valence-corrected chi connectivity index (χ2v) is 4.50. The topological polar surface area (TPSA) is 53.6 Å². The maximum absolute atomic E-state index is 4.02. The first-order valence-corrected chi connectivity index (χ1v) is 5.77. The molecule has 0 atom stereocenters. The smallest absolute Gasteiger partial charge is 0.218 e. The summed E-state index contributed by atoms with van der Waals surface area (Å²) in [6.45, 7) is 1.02. The predicted octanol–water partition coefficient (Wildman–Crippen LogP) is 1.36. The number of H-pyrrole nitrogens is 1. The number of aromatic amines is 1. The van der Waals surface area contributed by atoms with Gasteiger partial charge in [0.2, 0.25) is 5.95 Å². The van der Waals surface area contributed by atoms with Crippen molar-refractivity contribution in [1.29, 1.82) is 0 Å². The highest BCUT2D eigenvalue weighted by molar-refractivity contribution is 7.99. The van der Waals surface area contributed by atoms with E-state index in [1.54, 1.807) is 0 Å². The second-order valence-electron chi connectivity index (χ2n) is 3.27. The Hall–Kier alpha value is -0.710. The minimum absolute atomic E-state index is 0.790. The van der Waals surface area contributed by atoms with Crippen LogP contribution in [0.25, 0.3) is 0 Å². The van der Waals surface area contributed by atoms with Gasteiger partial charge < -0.3 is 5.32 Å². The molecule has 13 heavy (non-hydrogen) atoms. The van der Waals surface area contributed by atoms with Crippen LogP contribution in [0.4, 0.5) is 5.95 Å². The van der Waals surface area contributed by atoms with Crippen molar-refractivity contribution in [2.75, 3.05) is 23.4 Å². The Morgan fingerprint density at radius 3 is 3.08 bits per heavy atom. The molecule has 2 rings (SSSR count). The average Bonchev–Trinajstić information content (AvgIpc) is 2.69. The molecule has 2 N–H and O–H groups in total. The molecule has 72 valence electrons. The third kappa shape index (κ3) is 2.62. The fourth-order valence-electron chi connectivity index (χ4n) is 1.48. The maximum Gasteiger partial charge on any atom is 0.218 e. The molecule has 0 unspecified atom stereocenters. The van der Waals surface area contributed by atoms with Crippen molar-refractivity contribution in [3.63, 3.8) is 0 Å². The zero-order chi connectivity index (χ0) is 8.93. The molecular formula is C8H14N4S. The number of aromatic nitrogens is 3. The van der Waals surface area contributed by atoms with Crippen LogP contribution in [0.5, 0.6) is 0 Å². The molecule has 0 aliphatic carbocycles. The lowest BCUT2D eigenvalue weighted by atomic mass is 10.0. The van der Waals surface area contributed by atoms with Crippen LogP contribution in [0.1, 0.15) is 12.8 Å². The van der Waals surface area contributed by atoms with E-state index in [-0.39, 0.29) is 0 Å². The average molecular weight is 198 g/mol. The quantitative estimate of drug-likeness (QED) is 0.770. The van der Waals surface area contributed by atoms with E-state index in [2.05, 4.69) is 32.3 Å². The van der Waals surface area contributed by atoms with E-state index in [0.29, 0.717) is 0 Å². The highest BCUT2D eigenvalue weighted by Crippen LogP contribution is 2.22. The van der Waals surface area contributed by atoms with Gasteiger partial charge in [0.05, 0.1) is 0 Å². The molecule has 1 aliphatic rings. The van der Waals surface area contributed by atoms with Crippen LogP contribution >= 0.6 is 11.8 Å². The van der Waals surface area contributed by atoms with Gasteiger partial charge in [0.1, 0.15) is 6.33 Å². The Morgan fingerprint density at radius 2 is 2.38 bits per heavy atom. The van der Waals surface area contributed by atoms with E-state index in [0.717, 1.165) is 18.4 Å². The third-order valence-electron chi connectivity index (χ3n) is 2.31. The molecule has 4 nitrogen and oxygen atoms in total. The fraction of sp³-hybridized carbons (Fsp3) is 0.750. The first kappa shape index (κ1) is 8.87. The molecule has 0 amide bonds. The molecule has 0 saturated carbocycles. The van der Waals surface area contributed by atoms with Crippen LogP contribution in [-0.2, 0) is 0 Å². The van der Waals surface area contributed by atoms with Gasteiger partial charge in [-0.15, -0.1) is 0 Å². The summed E-state index contributed by atoms with van der Waals surface area (Å²) in [6, 6.07) is 0. The normalized spacial score (nSPS) is 18.8. The minimum atomic E-state index is 0.790. The summed E-state index contributed by atoms with van der Waals surface area (Å²) < 4.78 is 0. The van der Waals surface area contributed by atoms with E-state index >= 15 is 0 Å². The molecule has 2 heterocycles. The molecular weight excluding hydrogens is 184 g/mol. The summed E-state index contributed by atoms with van der Waals surface area (Å²) in [5.41, 5.74) is 0. The fourth-order valence-corrected chi connectivity index (χ4v) is 2.69. The molecule has 1 saturated heterocycles. The number of hydrogen-bond acceptors (Lipinski definition) is 4. The van der Waals surface area contributed by atoms with Crippen LogP contribution in [-0.4, -0.2) is 33.2 Å².